The van der Waals surface area contributed by atoms with E-state index in [1.54, 1.807) is 4.90 Å². The highest BCUT2D eigenvalue weighted by Gasteiger charge is 2.29. The largest absolute Gasteiger partial charge is 0.481 e. The van der Waals surface area contributed by atoms with Crippen LogP contribution in [0.3, 0.4) is 0 Å². The van der Waals surface area contributed by atoms with Gasteiger partial charge in [-0.3, -0.25) is 9.59 Å². The molecule has 5 heteroatoms. The summed E-state index contributed by atoms with van der Waals surface area (Å²) in [6.07, 6.45) is 0.400. The van der Waals surface area contributed by atoms with Gasteiger partial charge in [0.15, 0.2) is 0 Å². The number of amides is 1. The second kappa shape index (κ2) is 5.49. The molecule has 0 aromatic heterocycles. The Kier molecular flexibility index (Phi) is 4.51. The predicted molar refractivity (Wildman–Crippen MR) is 62.6 cm³/mol. The number of carbonyl (C=O) groups excluding carboxylic acids is 1. The topological polar surface area (TPSA) is 66.8 Å². The highest BCUT2D eigenvalue weighted by atomic mass is 16.5. The summed E-state index contributed by atoms with van der Waals surface area (Å²) in [5.74, 6) is -0.834. The van der Waals surface area contributed by atoms with Gasteiger partial charge in [-0.15, -0.1) is 0 Å². The molecule has 1 fully saturated rings. The molecule has 1 rings (SSSR count). The zero-order valence-corrected chi connectivity index (χ0v) is 10.7. The maximum absolute atomic E-state index is 11.6. The average Bonchev–Trinajstić information content (AvgIpc) is 2.17. The number of carbonyl (C=O) groups is 2. The highest BCUT2D eigenvalue weighted by molar-refractivity contribution is 5.78. The van der Waals surface area contributed by atoms with E-state index in [-0.39, 0.29) is 30.5 Å². The molecular formula is C12H21NO4. The van der Waals surface area contributed by atoms with Crippen LogP contribution in [0.1, 0.15) is 33.6 Å². The van der Waals surface area contributed by atoms with Crippen molar-refractivity contribution < 1.29 is 19.4 Å². The van der Waals surface area contributed by atoms with Crippen molar-refractivity contribution in [3.63, 3.8) is 0 Å². The minimum absolute atomic E-state index is 0.00787. The van der Waals surface area contributed by atoms with E-state index in [1.165, 1.54) is 0 Å². The molecular weight excluding hydrogens is 222 g/mol. The summed E-state index contributed by atoms with van der Waals surface area (Å²) in [5.41, 5.74) is 0.0460. The molecule has 1 N–H and O–H groups in total. The van der Waals surface area contributed by atoms with E-state index in [0.717, 1.165) is 0 Å². The van der Waals surface area contributed by atoms with Gasteiger partial charge in [-0.05, 0) is 11.8 Å². The van der Waals surface area contributed by atoms with Crippen molar-refractivity contribution in [2.24, 2.45) is 5.41 Å². The Morgan fingerprint density at radius 1 is 1.53 bits per heavy atom. The van der Waals surface area contributed by atoms with Gasteiger partial charge in [-0.25, -0.2) is 0 Å². The van der Waals surface area contributed by atoms with Gasteiger partial charge in [-0.1, -0.05) is 20.8 Å². The lowest BCUT2D eigenvalue weighted by Gasteiger charge is -2.36. The van der Waals surface area contributed by atoms with Crippen LogP contribution in [0.5, 0.6) is 0 Å². The number of carboxylic acids is 1. The molecule has 0 radical (unpaired) electrons. The Bertz CT molecular complexity index is 295. The number of rotatable bonds is 4. The first kappa shape index (κ1) is 14.0. The second-order valence-electron chi connectivity index (χ2n) is 5.70. The van der Waals surface area contributed by atoms with Crippen molar-refractivity contribution in [2.75, 3.05) is 19.7 Å². The standard InChI is InChI=1S/C12H21NO4/c1-12(2,3)8-13-6-9(4-5-11(15)16)17-7-10(13)14/h9H,4-8H2,1-3H3,(H,15,16). The van der Waals surface area contributed by atoms with Gasteiger partial charge in [-0.2, -0.15) is 0 Å². The van der Waals surface area contributed by atoms with Gasteiger partial charge >= 0.3 is 5.97 Å². The van der Waals surface area contributed by atoms with E-state index >= 15 is 0 Å². The van der Waals surface area contributed by atoms with Gasteiger partial charge in [0.2, 0.25) is 5.91 Å². The number of ether oxygens (including phenoxy) is 1. The van der Waals surface area contributed by atoms with Crippen LogP contribution in [-0.2, 0) is 14.3 Å². The smallest absolute Gasteiger partial charge is 0.303 e. The first-order chi connectivity index (χ1) is 7.78. The summed E-state index contributed by atoms with van der Waals surface area (Å²) in [4.78, 5) is 23.9. The minimum atomic E-state index is -0.826. The molecule has 0 aliphatic carbocycles. The first-order valence-electron chi connectivity index (χ1n) is 5.89. The third-order valence-electron chi connectivity index (χ3n) is 2.56. The van der Waals surface area contributed by atoms with Crippen molar-refractivity contribution in [1.82, 2.24) is 4.90 Å². The molecule has 1 aliphatic rings. The highest BCUT2D eigenvalue weighted by Crippen LogP contribution is 2.19. The number of aliphatic carboxylic acids is 1. The molecule has 1 aliphatic heterocycles. The first-order valence-corrected chi connectivity index (χ1v) is 5.89. The number of carboxylic acid groups (broad SMARTS) is 1. The quantitative estimate of drug-likeness (QED) is 0.803. The molecule has 0 saturated carbocycles. The van der Waals surface area contributed by atoms with E-state index in [9.17, 15) is 9.59 Å². The zero-order chi connectivity index (χ0) is 13.1. The maximum atomic E-state index is 11.6. The molecule has 1 saturated heterocycles. The molecule has 1 amide bonds. The fourth-order valence-corrected chi connectivity index (χ4v) is 1.87. The molecule has 1 heterocycles. The number of hydrogen-bond donors (Lipinski definition) is 1. The lowest BCUT2D eigenvalue weighted by atomic mass is 9.95. The zero-order valence-electron chi connectivity index (χ0n) is 10.7. The average molecular weight is 243 g/mol. The molecule has 0 aromatic rings. The van der Waals surface area contributed by atoms with Crippen LogP contribution in [0, 0.1) is 5.41 Å². The van der Waals surface area contributed by atoms with Crippen molar-refractivity contribution in [3.8, 4) is 0 Å². The maximum Gasteiger partial charge on any atom is 0.303 e. The Morgan fingerprint density at radius 2 is 2.18 bits per heavy atom. The van der Waals surface area contributed by atoms with Crippen molar-refractivity contribution >= 4 is 11.9 Å². The van der Waals surface area contributed by atoms with Crippen LogP contribution in [0.25, 0.3) is 0 Å². The molecule has 98 valence electrons. The van der Waals surface area contributed by atoms with Gasteiger partial charge in [0, 0.05) is 19.5 Å². The van der Waals surface area contributed by atoms with Gasteiger partial charge in [0.25, 0.3) is 0 Å². The summed E-state index contributed by atoms with van der Waals surface area (Å²) in [6, 6.07) is 0. The third kappa shape index (κ3) is 5.17. The third-order valence-corrected chi connectivity index (χ3v) is 2.56. The fraction of sp³-hybridized carbons (Fsp3) is 0.833. The van der Waals surface area contributed by atoms with E-state index in [0.29, 0.717) is 19.5 Å². The summed E-state index contributed by atoms with van der Waals surface area (Å²) in [7, 11) is 0. The van der Waals surface area contributed by atoms with Crippen LogP contribution in [0.15, 0.2) is 0 Å². The van der Waals surface area contributed by atoms with E-state index in [4.69, 9.17) is 9.84 Å². The lowest BCUT2D eigenvalue weighted by molar-refractivity contribution is -0.151. The van der Waals surface area contributed by atoms with E-state index in [1.807, 2.05) is 0 Å². The molecule has 17 heavy (non-hydrogen) atoms. The Balaban J connectivity index is 2.47. The van der Waals surface area contributed by atoms with Crippen LogP contribution in [-0.4, -0.2) is 47.7 Å². The van der Waals surface area contributed by atoms with Crippen molar-refractivity contribution in [1.29, 1.82) is 0 Å². The van der Waals surface area contributed by atoms with Gasteiger partial charge in [0.05, 0.1) is 6.10 Å². The Labute approximate surface area is 102 Å². The molecule has 1 atom stereocenters. The summed E-state index contributed by atoms with van der Waals surface area (Å²) < 4.78 is 5.33. The molecule has 0 aromatic carbocycles. The van der Waals surface area contributed by atoms with Crippen molar-refractivity contribution in [2.45, 2.75) is 39.7 Å². The lowest BCUT2D eigenvalue weighted by Crippen LogP contribution is -2.49. The van der Waals surface area contributed by atoms with Crippen LogP contribution < -0.4 is 0 Å². The van der Waals surface area contributed by atoms with Crippen molar-refractivity contribution in [3.05, 3.63) is 0 Å². The van der Waals surface area contributed by atoms with E-state index in [2.05, 4.69) is 20.8 Å². The molecule has 0 spiro atoms. The Morgan fingerprint density at radius 3 is 2.71 bits per heavy atom. The summed E-state index contributed by atoms with van der Waals surface area (Å²) in [5, 5.41) is 8.61. The Hall–Kier alpha value is -1.10. The SMILES string of the molecule is CC(C)(C)CN1CC(CCC(=O)O)OCC1=O. The molecule has 0 bridgehead atoms. The van der Waals surface area contributed by atoms with Crippen LogP contribution >= 0.6 is 0 Å². The van der Waals surface area contributed by atoms with E-state index < -0.39 is 5.97 Å². The monoisotopic (exact) mass is 243 g/mol. The van der Waals surface area contributed by atoms with Crippen LogP contribution in [0.2, 0.25) is 0 Å². The molecule has 5 nitrogen and oxygen atoms in total. The number of hydrogen-bond acceptors (Lipinski definition) is 3. The summed E-state index contributed by atoms with van der Waals surface area (Å²) in [6.45, 7) is 7.47. The van der Waals surface area contributed by atoms with Crippen LogP contribution in [0.4, 0.5) is 0 Å². The second-order valence-corrected chi connectivity index (χ2v) is 5.70. The summed E-state index contributed by atoms with van der Waals surface area (Å²) >= 11 is 0. The van der Waals surface area contributed by atoms with Gasteiger partial charge in [0.1, 0.15) is 6.61 Å². The number of morpholine rings is 1. The predicted octanol–water partition coefficient (Wildman–Crippen LogP) is 1.12. The van der Waals surface area contributed by atoms with Gasteiger partial charge < -0.3 is 14.7 Å². The molecule has 1 unspecified atom stereocenters. The fourth-order valence-electron chi connectivity index (χ4n) is 1.87. The number of nitrogens with zero attached hydrogens (tertiary/aromatic N) is 1. The normalized spacial score (nSPS) is 21.7. The minimum Gasteiger partial charge on any atom is -0.481 e.